The fraction of sp³-hybridized carbons (Fsp3) is 0.364. The second kappa shape index (κ2) is 8.43. The minimum Gasteiger partial charge on any atom is -0.496 e. The maximum atomic E-state index is 13.1. The third-order valence-corrected chi connectivity index (χ3v) is 5.47. The summed E-state index contributed by atoms with van der Waals surface area (Å²) in [5.41, 5.74) is 0.199. The van der Waals surface area contributed by atoms with Crippen LogP contribution in [0.3, 0.4) is 0 Å². The zero-order chi connectivity index (χ0) is 21.0. The number of nitrogens with zero attached hydrogens (tertiary/aromatic N) is 3. The van der Waals surface area contributed by atoms with E-state index in [0.29, 0.717) is 24.3 Å². The molecular formula is C22H25N3O4. The number of hydrogen-bond donors (Lipinski definition) is 0. The highest BCUT2D eigenvalue weighted by Gasteiger charge is 2.54. The van der Waals surface area contributed by atoms with Crippen LogP contribution >= 0.6 is 0 Å². The molecule has 29 heavy (non-hydrogen) atoms. The summed E-state index contributed by atoms with van der Waals surface area (Å²) in [6.07, 6.45) is 2.17. The Bertz CT molecular complexity index is 915. The lowest BCUT2D eigenvalue weighted by atomic mass is 9.75. The molecule has 0 bridgehead atoms. The molecule has 1 aromatic carbocycles. The molecule has 1 saturated heterocycles. The number of aromatic nitrogens is 1. The summed E-state index contributed by atoms with van der Waals surface area (Å²) in [4.78, 5) is 45.5. The lowest BCUT2D eigenvalue weighted by molar-refractivity contribution is -0.141. The predicted octanol–water partition coefficient (Wildman–Crippen LogP) is 1.81. The summed E-state index contributed by atoms with van der Waals surface area (Å²) in [6.45, 7) is 0.468. The van der Waals surface area contributed by atoms with E-state index < -0.39 is 5.41 Å². The van der Waals surface area contributed by atoms with Crippen molar-refractivity contribution in [2.24, 2.45) is 0 Å². The standard InChI is InChI=1S/C22H25N3O4/c1-24(13-11-16-8-6-7-12-23-16)19(26)14-22(15-20(27)25(2)21(22)28)17-9-4-5-10-18(17)29-3/h4-10,12H,11,13-15H2,1-3H3/t22-/m0/s1. The maximum absolute atomic E-state index is 13.1. The summed E-state index contributed by atoms with van der Waals surface area (Å²) in [5, 5.41) is 0. The molecule has 7 heteroatoms. The van der Waals surface area contributed by atoms with E-state index in [1.54, 1.807) is 42.4 Å². The van der Waals surface area contributed by atoms with Crippen molar-refractivity contribution in [3.05, 3.63) is 59.9 Å². The van der Waals surface area contributed by atoms with E-state index in [0.717, 1.165) is 10.6 Å². The van der Waals surface area contributed by atoms with Crippen molar-refractivity contribution in [3.63, 3.8) is 0 Å². The number of amides is 3. The lowest BCUT2D eigenvalue weighted by Gasteiger charge is -2.30. The summed E-state index contributed by atoms with van der Waals surface area (Å²) >= 11 is 0. The van der Waals surface area contributed by atoms with Gasteiger partial charge in [0.15, 0.2) is 0 Å². The number of methoxy groups -OCH3 is 1. The van der Waals surface area contributed by atoms with Crippen molar-refractivity contribution in [1.29, 1.82) is 0 Å². The van der Waals surface area contributed by atoms with Gasteiger partial charge in [-0.05, 0) is 18.2 Å². The fourth-order valence-corrected chi connectivity index (χ4v) is 3.72. The first kappa shape index (κ1) is 20.5. The van der Waals surface area contributed by atoms with Crippen LogP contribution in [0.5, 0.6) is 5.75 Å². The minimum absolute atomic E-state index is 0.0530. The molecule has 0 radical (unpaired) electrons. The number of rotatable bonds is 7. The highest BCUT2D eigenvalue weighted by atomic mass is 16.5. The average molecular weight is 395 g/mol. The van der Waals surface area contributed by atoms with Crippen LogP contribution in [0, 0.1) is 0 Å². The Balaban J connectivity index is 1.85. The SMILES string of the molecule is COc1ccccc1[C@]1(CC(=O)N(C)CCc2ccccn2)CC(=O)N(C)C1=O. The topological polar surface area (TPSA) is 79.8 Å². The number of para-hydroxylation sites is 1. The second-order valence-corrected chi connectivity index (χ2v) is 7.28. The highest BCUT2D eigenvalue weighted by Crippen LogP contribution is 2.43. The first-order valence-corrected chi connectivity index (χ1v) is 9.47. The molecule has 1 aliphatic rings. The van der Waals surface area contributed by atoms with Crippen molar-refractivity contribution in [3.8, 4) is 5.75 Å². The van der Waals surface area contributed by atoms with Crippen LogP contribution in [-0.4, -0.2) is 60.3 Å². The fourth-order valence-electron chi connectivity index (χ4n) is 3.72. The van der Waals surface area contributed by atoms with E-state index in [9.17, 15) is 14.4 Å². The van der Waals surface area contributed by atoms with E-state index in [4.69, 9.17) is 4.74 Å². The normalized spacial score (nSPS) is 18.8. The molecule has 1 aromatic heterocycles. The van der Waals surface area contributed by atoms with Crippen LogP contribution < -0.4 is 4.74 Å². The average Bonchev–Trinajstić information content (AvgIpc) is 2.96. The molecule has 1 fully saturated rings. The largest absolute Gasteiger partial charge is 0.496 e. The van der Waals surface area contributed by atoms with Gasteiger partial charge in [-0.15, -0.1) is 0 Å². The predicted molar refractivity (Wildman–Crippen MR) is 107 cm³/mol. The second-order valence-electron chi connectivity index (χ2n) is 7.28. The van der Waals surface area contributed by atoms with Gasteiger partial charge in [0.2, 0.25) is 17.7 Å². The van der Waals surface area contributed by atoms with Gasteiger partial charge in [-0.1, -0.05) is 24.3 Å². The summed E-state index contributed by atoms with van der Waals surface area (Å²) in [7, 11) is 4.67. The molecule has 0 spiro atoms. The van der Waals surface area contributed by atoms with Crippen LogP contribution in [-0.2, 0) is 26.2 Å². The zero-order valence-electron chi connectivity index (χ0n) is 16.9. The Hall–Kier alpha value is -3.22. The van der Waals surface area contributed by atoms with Gasteiger partial charge in [0.05, 0.1) is 12.5 Å². The number of benzene rings is 1. The molecule has 2 heterocycles. The molecule has 1 aliphatic heterocycles. The van der Waals surface area contributed by atoms with Gasteiger partial charge in [-0.3, -0.25) is 24.3 Å². The van der Waals surface area contributed by atoms with Gasteiger partial charge >= 0.3 is 0 Å². The highest BCUT2D eigenvalue weighted by molar-refractivity contribution is 6.10. The number of likely N-dealkylation sites (N-methyl/N-ethyl adjacent to an activating group) is 2. The molecule has 0 saturated carbocycles. The molecule has 0 N–H and O–H groups in total. The molecule has 152 valence electrons. The molecule has 0 aliphatic carbocycles. The number of ether oxygens (including phenoxy) is 1. The van der Waals surface area contributed by atoms with Crippen molar-refractivity contribution in [1.82, 2.24) is 14.8 Å². The summed E-state index contributed by atoms with van der Waals surface area (Å²) in [5.74, 6) is -0.389. The van der Waals surface area contributed by atoms with E-state index >= 15 is 0 Å². The van der Waals surface area contributed by atoms with Crippen molar-refractivity contribution in [2.45, 2.75) is 24.7 Å². The van der Waals surface area contributed by atoms with E-state index in [1.165, 1.54) is 14.2 Å². The van der Waals surface area contributed by atoms with Gasteiger partial charge in [-0.25, -0.2) is 0 Å². The first-order valence-electron chi connectivity index (χ1n) is 9.47. The monoisotopic (exact) mass is 395 g/mol. The van der Waals surface area contributed by atoms with Gasteiger partial charge in [0, 0.05) is 57.4 Å². The molecule has 3 rings (SSSR count). The minimum atomic E-state index is -1.26. The molecule has 0 unspecified atom stereocenters. The van der Waals surface area contributed by atoms with Gasteiger partial charge in [-0.2, -0.15) is 0 Å². The van der Waals surface area contributed by atoms with Crippen molar-refractivity contribution in [2.75, 3.05) is 27.7 Å². The van der Waals surface area contributed by atoms with Gasteiger partial charge < -0.3 is 9.64 Å². The van der Waals surface area contributed by atoms with Crippen molar-refractivity contribution < 1.29 is 19.1 Å². The Morgan fingerprint density at radius 2 is 1.93 bits per heavy atom. The number of pyridine rings is 1. The molecule has 1 atom stereocenters. The van der Waals surface area contributed by atoms with Crippen LogP contribution in [0.1, 0.15) is 24.1 Å². The maximum Gasteiger partial charge on any atom is 0.240 e. The Labute approximate surface area is 170 Å². The van der Waals surface area contributed by atoms with Crippen LogP contribution in [0.25, 0.3) is 0 Å². The Morgan fingerprint density at radius 3 is 2.55 bits per heavy atom. The van der Waals surface area contributed by atoms with E-state index in [-0.39, 0.29) is 30.6 Å². The number of carbonyl (C=O) groups is 3. The molecular weight excluding hydrogens is 370 g/mol. The van der Waals surface area contributed by atoms with Crippen LogP contribution in [0.15, 0.2) is 48.7 Å². The number of carbonyl (C=O) groups excluding carboxylic acids is 3. The van der Waals surface area contributed by atoms with E-state index in [2.05, 4.69) is 4.98 Å². The smallest absolute Gasteiger partial charge is 0.240 e. The van der Waals surface area contributed by atoms with Gasteiger partial charge in [0.1, 0.15) is 5.75 Å². The molecule has 7 nitrogen and oxygen atoms in total. The zero-order valence-corrected chi connectivity index (χ0v) is 16.9. The first-order chi connectivity index (χ1) is 13.9. The van der Waals surface area contributed by atoms with Gasteiger partial charge in [0.25, 0.3) is 0 Å². The molecule has 2 aromatic rings. The quantitative estimate of drug-likeness (QED) is 0.668. The summed E-state index contributed by atoms with van der Waals surface area (Å²) in [6, 6.07) is 12.7. The lowest BCUT2D eigenvalue weighted by Crippen LogP contribution is -2.42. The molecule has 3 amide bonds. The third-order valence-electron chi connectivity index (χ3n) is 5.47. The van der Waals surface area contributed by atoms with E-state index in [1.807, 2.05) is 18.2 Å². The number of likely N-dealkylation sites (tertiary alicyclic amines) is 1. The third kappa shape index (κ3) is 3.99. The number of hydrogen-bond acceptors (Lipinski definition) is 5. The van der Waals surface area contributed by atoms with Crippen molar-refractivity contribution >= 4 is 17.7 Å². The summed E-state index contributed by atoms with van der Waals surface area (Å²) < 4.78 is 5.43. The van der Waals surface area contributed by atoms with Crippen LogP contribution in [0.2, 0.25) is 0 Å². The van der Waals surface area contributed by atoms with Crippen LogP contribution in [0.4, 0.5) is 0 Å². The Kier molecular flexibility index (Phi) is 5.96. The number of imide groups is 1. The Morgan fingerprint density at radius 1 is 1.21 bits per heavy atom.